The van der Waals surface area contributed by atoms with Crippen LogP contribution in [0.5, 0.6) is 11.6 Å². The third-order valence-corrected chi connectivity index (χ3v) is 3.12. The molecular weight excluding hydrogens is 340 g/mol. The zero-order chi connectivity index (χ0) is 14.8. The van der Waals surface area contributed by atoms with Crippen LogP contribution in [-0.2, 0) is 0 Å². The predicted octanol–water partition coefficient (Wildman–Crippen LogP) is 5.50. The molecule has 3 nitrogen and oxygen atoms in total. The predicted molar refractivity (Wildman–Crippen MR) is 86.8 cm³/mol. The fraction of sp³-hybridized carbons (Fsp3) is 0.267. The lowest BCUT2D eigenvalue weighted by atomic mass is 10.1. The van der Waals surface area contributed by atoms with Gasteiger partial charge in [0.1, 0.15) is 11.6 Å². The smallest absolute Gasteiger partial charge is 0.221 e. The maximum absolute atomic E-state index is 6.13. The molecule has 0 saturated heterocycles. The van der Waals surface area contributed by atoms with Crippen LogP contribution in [0, 0.1) is 0 Å². The number of hydrogen-bond acceptors (Lipinski definition) is 3. The summed E-state index contributed by atoms with van der Waals surface area (Å²) in [6.45, 7) is 6.23. The molecule has 2 rings (SSSR count). The maximum atomic E-state index is 6.13. The van der Waals surface area contributed by atoms with Gasteiger partial charge in [-0.15, -0.1) is 0 Å². The molecule has 0 spiro atoms. The van der Waals surface area contributed by atoms with Crippen LogP contribution in [0.3, 0.4) is 0 Å². The average molecular weight is 356 g/mol. The van der Waals surface area contributed by atoms with E-state index in [1.165, 1.54) is 0 Å². The van der Waals surface area contributed by atoms with Crippen LogP contribution in [0.2, 0.25) is 5.02 Å². The van der Waals surface area contributed by atoms with Crippen LogP contribution < -0.4 is 10.1 Å². The lowest BCUT2D eigenvalue weighted by Gasteiger charge is -2.21. The molecule has 0 amide bonds. The molecular formula is C15H16BrClN2O. The number of ether oxygens (including phenoxy) is 1. The highest BCUT2D eigenvalue weighted by molar-refractivity contribution is 9.10. The Hall–Kier alpha value is -1.26. The van der Waals surface area contributed by atoms with Crippen LogP contribution >= 0.6 is 27.5 Å². The Morgan fingerprint density at radius 2 is 1.95 bits per heavy atom. The van der Waals surface area contributed by atoms with Crippen molar-refractivity contribution in [2.24, 2.45) is 0 Å². The molecule has 1 aromatic heterocycles. The Kier molecular flexibility index (Phi) is 4.55. The van der Waals surface area contributed by atoms with Gasteiger partial charge >= 0.3 is 0 Å². The lowest BCUT2D eigenvalue weighted by molar-refractivity contribution is 0.463. The van der Waals surface area contributed by atoms with Gasteiger partial charge in [-0.2, -0.15) is 4.98 Å². The minimum atomic E-state index is -0.0547. The maximum Gasteiger partial charge on any atom is 0.221 e. The summed E-state index contributed by atoms with van der Waals surface area (Å²) < 4.78 is 6.62. The van der Waals surface area contributed by atoms with Gasteiger partial charge in [-0.1, -0.05) is 33.6 Å². The number of nitrogens with zero attached hydrogens (tertiary/aromatic N) is 1. The zero-order valence-corrected chi connectivity index (χ0v) is 13.9. The fourth-order valence-electron chi connectivity index (χ4n) is 1.60. The number of pyridine rings is 1. The number of aromatic nitrogens is 1. The normalized spacial score (nSPS) is 11.2. The highest BCUT2D eigenvalue weighted by atomic mass is 79.9. The second kappa shape index (κ2) is 6.02. The summed E-state index contributed by atoms with van der Waals surface area (Å²) in [7, 11) is 0. The van der Waals surface area contributed by atoms with Crippen LogP contribution in [0.15, 0.2) is 40.9 Å². The van der Waals surface area contributed by atoms with Gasteiger partial charge in [0, 0.05) is 16.1 Å². The topological polar surface area (TPSA) is 34.1 Å². The first-order chi connectivity index (χ1) is 9.33. The van der Waals surface area contributed by atoms with Crippen molar-refractivity contribution in [1.82, 2.24) is 4.98 Å². The minimum Gasteiger partial charge on any atom is -0.437 e. The lowest BCUT2D eigenvalue weighted by Crippen LogP contribution is -2.26. The summed E-state index contributed by atoms with van der Waals surface area (Å²) in [5.74, 6) is 1.85. The summed E-state index contributed by atoms with van der Waals surface area (Å²) >= 11 is 9.49. The Morgan fingerprint density at radius 1 is 1.20 bits per heavy atom. The molecule has 5 heteroatoms. The Balaban J connectivity index is 2.19. The summed E-state index contributed by atoms with van der Waals surface area (Å²) in [6, 6.07) is 11.1. The molecule has 2 aromatic rings. The molecule has 106 valence electrons. The van der Waals surface area contributed by atoms with E-state index in [0.717, 1.165) is 10.3 Å². The van der Waals surface area contributed by atoms with E-state index in [4.69, 9.17) is 16.3 Å². The third-order valence-electron chi connectivity index (χ3n) is 2.34. The van der Waals surface area contributed by atoms with E-state index in [9.17, 15) is 0 Å². The van der Waals surface area contributed by atoms with E-state index in [1.54, 1.807) is 18.2 Å². The molecule has 0 aliphatic heterocycles. The van der Waals surface area contributed by atoms with Crippen molar-refractivity contribution >= 4 is 33.3 Å². The first-order valence-corrected chi connectivity index (χ1v) is 7.39. The molecule has 0 radical (unpaired) electrons. The van der Waals surface area contributed by atoms with E-state index in [-0.39, 0.29) is 5.54 Å². The molecule has 1 heterocycles. The SMILES string of the molecule is CC(C)(C)Nc1cccc(Oc2ccc(Br)cc2Cl)n1. The van der Waals surface area contributed by atoms with E-state index in [0.29, 0.717) is 16.7 Å². The van der Waals surface area contributed by atoms with Crippen molar-refractivity contribution in [2.45, 2.75) is 26.3 Å². The number of anilines is 1. The van der Waals surface area contributed by atoms with Gasteiger partial charge < -0.3 is 10.1 Å². The molecule has 0 bridgehead atoms. The standard InChI is InChI=1S/C15H16BrClN2O/c1-15(2,3)19-13-5-4-6-14(18-13)20-12-8-7-10(16)9-11(12)17/h4-9H,1-3H3,(H,18,19). The molecule has 0 aliphatic rings. The molecule has 0 fully saturated rings. The molecule has 20 heavy (non-hydrogen) atoms. The quantitative estimate of drug-likeness (QED) is 0.789. The number of nitrogens with one attached hydrogen (secondary N) is 1. The van der Waals surface area contributed by atoms with Crippen LogP contribution in [0.4, 0.5) is 5.82 Å². The van der Waals surface area contributed by atoms with Gasteiger partial charge in [-0.3, -0.25) is 0 Å². The first kappa shape index (κ1) is 15.1. The van der Waals surface area contributed by atoms with Gasteiger partial charge in [0.2, 0.25) is 5.88 Å². The van der Waals surface area contributed by atoms with Gasteiger partial charge in [0.25, 0.3) is 0 Å². The van der Waals surface area contributed by atoms with Crippen molar-refractivity contribution in [3.63, 3.8) is 0 Å². The minimum absolute atomic E-state index is 0.0547. The second-order valence-electron chi connectivity index (χ2n) is 5.41. The monoisotopic (exact) mass is 354 g/mol. The van der Waals surface area contributed by atoms with Crippen molar-refractivity contribution < 1.29 is 4.74 Å². The fourth-order valence-corrected chi connectivity index (χ4v) is 2.31. The van der Waals surface area contributed by atoms with Gasteiger partial charge in [-0.25, -0.2) is 0 Å². The summed E-state index contributed by atoms with van der Waals surface area (Å²) in [4.78, 5) is 4.41. The molecule has 0 unspecified atom stereocenters. The van der Waals surface area contributed by atoms with E-state index in [2.05, 4.69) is 47.0 Å². The van der Waals surface area contributed by atoms with Crippen molar-refractivity contribution in [3.05, 3.63) is 45.9 Å². The Bertz CT molecular complexity index is 611. The average Bonchev–Trinajstić information content (AvgIpc) is 2.31. The van der Waals surface area contributed by atoms with Crippen LogP contribution in [0.1, 0.15) is 20.8 Å². The molecule has 0 saturated carbocycles. The number of halogens is 2. The number of hydrogen-bond donors (Lipinski definition) is 1. The molecule has 0 atom stereocenters. The molecule has 1 aromatic carbocycles. The molecule has 0 aliphatic carbocycles. The van der Waals surface area contributed by atoms with Crippen LogP contribution in [-0.4, -0.2) is 10.5 Å². The van der Waals surface area contributed by atoms with Gasteiger partial charge in [0.15, 0.2) is 0 Å². The Morgan fingerprint density at radius 3 is 2.60 bits per heavy atom. The molecule has 1 N–H and O–H groups in total. The second-order valence-corrected chi connectivity index (χ2v) is 6.74. The highest BCUT2D eigenvalue weighted by Crippen LogP contribution is 2.31. The van der Waals surface area contributed by atoms with Gasteiger partial charge in [-0.05, 0) is 45.0 Å². The van der Waals surface area contributed by atoms with Crippen LogP contribution in [0.25, 0.3) is 0 Å². The summed E-state index contributed by atoms with van der Waals surface area (Å²) in [5, 5.41) is 3.84. The largest absolute Gasteiger partial charge is 0.437 e. The van der Waals surface area contributed by atoms with Crippen molar-refractivity contribution in [1.29, 1.82) is 0 Å². The summed E-state index contributed by atoms with van der Waals surface area (Å²) in [5.41, 5.74) is -0.0547. The van der Waals surface area contributed by atoms with Crippen molar-refractivity contribution in [2.75, 3.05) is 5.32 Å². The first-order valence-electron chi connectivity index (χ1n) is 6.22. The van der Waals surface area contributed by atoms with Gasteiger partial charge in [0.05, 0.1) is 5.02 Å². The van der Waals surface area contributed by atoms with E-state index in [1.807, 2.05) is 18.2 Å². The van der Waals surface area contributed by atoms with Crippen molar-refractivity contribution in [3.8, 4) is 11.6 Å². The zero-order valence-electron chi connectivity index (χ0n) is 11.6. The highest BCUT2D eigenvalue weighted by Gasteiger charge is 2.11. The summed E-state index contributed by atoms with van der Waals surface area (Å²) in [6.07, 6.45) is 0. The third kappa shape index (κ3) is 4.39. The van der Waals surface area contributed by atoms with E-state index >= 15 is 0 Å². The Labute approximate surface area is 132 Å². The number of benzene rings is 1. The van der Waals surface area contributed by atoms with E-state index < -0.39 is 0 Å². The number of rotatable bonds is 3.